The van der Waals surface area contributed by atoms with E-state index in [1.807, 2.05) is 48.5 Å². The van der Waals surface area contributed by atoms with Gasteiger partial charge in [-0.15, -0.1) is 0 Å². The number of hydrogen-bond acceptors (Lipinski definition) is 4. The van der Waals surface area contributed by atoms with E-state index >= 15 is 0 Å². The lowest BCUT2D eigenvalue weighted by Crippen LogP contribution is -2.18. The molecule has 0 radical (unpaired) electrons. The number of rotatable bonds is 4. The molecule has 1 N–H and O–H groups in total. The normalized spacial score (nSPS) is 11.0. The molecular formula is C18H13N3O2S. The molecule has 0 atom stereocenters. The number of carbonyl (C=O) groups is 2. The van der Waals surface area contributed by atoms with Crippen LogP contribution in [0, 0.1) is 0 Å². The van der Waals surface area contributed by atoms with Crippen molar-refractivity contribution in [2.75, 3.05) is 5.32 Å². The molecule has 118 valence electrons. The smallest absolute Gasteiger partial charge is 0.246 e. The van der Waals surface area contributed by atoms with Crippen molar-refractivity contribution in [3.05, 3.63) is 60.3 Å². The van der Waals surface area contributed by atoms with Gasteiger partial charge in [-0.1, -0.05) is 41.7 Å². The summed E-state index contributed by atoms with van der Waals surface area (Å²) in [6, 6.07) is 15.3. The van der Waals surface area contributed by atoms with Gasteiger partial charge in [0, 0.05) is 22.7 Å². The Labute approximate surface area is 141 Å². The molecular weight excluding hydrogens is 322 g/mol. The van der Waals surface area contributed by atoms with Gasteiger partial charge in [-0.25, -0.2) is 4.98 Å². The van der Waals surface area contributed by atoms with E-state index in [9.17, 15) is 9.59 Å². The second-order valence-electron chi connectivity index (χ2n) is 5.38. The van der Waals surface area contributed by atoms with Crippen molar-refractivity contribution in [1.29, 1.82) is 0 Å². The summed E-state index contributed by atoms with van der Waals surface area (Å²) in [4.78, 5) is 27.9. The van der Waals surface area contributed by atoms with Gasteiger partial charge in [0.15, 0.2) is 11.4 Å². The minimum absolute atomic E-state index is 0.129. The summed E-state index contributed by atoms with van der Waals surface area (Å²) < 4.78 is 2.81. The molecule has 0 aliphatic rings. The zero-order chi connectivity index (χ0) is 16.5. The molecule has 1 amide bonds. The van der Waals surface area contributed by atoms with Gasteiger partial charge in [0.05, 0.1) is 10.2 Å². The third kappa shape index (κ3) is 2.57. The van der Waals surface area contributed by atoms with Gasteiger partial charge in [0.2, 0.25) is 5.91 Å². The maximum atomic E-state index is 12.3. The van der Waals surface area contributed by atoms with Gasteiger partial charge in [-0.3, -0.25) is 9.59 Å². The molecule has 6 heteroatoms. The van der Waals surface area contributed by atoms with E-state index in [0.717, 1.165) is 27.4 Å². The third-order valence-corrected chi connectivity index (χ3v) is 4.75. The van der Waals surface area contributed by atoms with Gasteiger partial charge in [-0.05, 0) is 18.2 Å². The van der Waals surface area contributed by atoms with Crippen LogP contribution in [0.5, 0.6) is 0 Å². The van der Waals surface area contributed by atoms with Crippen LogP contribution >= 0.6 is 11.3 Å². The Kier molecular flexibility index (Phi) is 3.59. The second-order valence-corrected chi connectivity index (χ2v) is 6.41. The van der Waals surface area contributed by atoms with Gasteiger partial charge in [-0.2, -0.15) is 0 Å². The van der Waals surface area contributed by atoms with Crippen LogP contribution in [-0.4, -0.2) is 21.7 Å². The standard InChI is InChI=1S/C18H13N3O2S/c22-11-12-9-21(15-7-3-1-5-13(12)15)10-17(23)20-18-19-14-6-2-4-8-16(14)24-18/h1-9,11H,10H2,(H,19,20,23). The fourth-order valence-electron chi connectivity index (χ4n) is 2.74. The van der Waals surface area contributed by atoms with E-state index < -0.39 is 0 Å². The Morgan fingerprint density at radius 2 is 1.96 bits per heavy atom. The minimum atomic E-state index is -0.174. The molecule has 4 aromatic rings. The third-order valence-electron chi connectivity index (χ3n) is 3.80. The van der Waals surface area contributed by atoms with Gasteiger partial charge in [0.1, 0.15) is 6.54 Å². The van der Waals surface area contributed by atoms with Crippen LogP contribution in [0.4, 0.5) is 5.13 Å². The first-order valence-electron chi connectivity index (χ1n) is 7.43. The molecule has 4 rings (SSSR count). The predicted molar refractivity (Wildman–Crippen MR) is 95.6 cm³/mol. The molecule has 0 saturated carbocycles. The minimum Gasteiger partial charge on any atom is -0.337 e. The van der Waals surface area contributed by atoms with E-state index in [1.54, 1.807) is 10.8 Å². The number of nitrogens with one attached hydrogen (secondary N) is 1. The maximum Gasteiger partial charge on any atom is 0.246 e. The summed E-state index contributed by atoms with van der Waals surface area (Å²) in [6.45, 7) is 0.129. The highest BCUT2D eigenvalue weighted by Gasteiger charge is 2.12. The lowest BCUT2D eigenvalue weighted by Gasteiger charge is -2.04. The number of hydrogen-bond donors (Lipinski definition) is 1. The van der Waals surface area contributed by atoms with Crippen LogP contribution in [0.25, 0.3) is 21.1 Å². The van der Waals surface area contributed by atoms with Crippen LogP contribution in [0.1, 0.15) is 10.4 Å². The maximum absolute atomic E-state index is 12.3. The molecule has 0 aliphatic carbocycles. The largest absolute Gasteiger partial charge is 0.337 e. The predicted octanol–water partition coefficient (Wildman–Crippen LogP) is 3.70. The van der Waals surface area contributed by atoms with Crippen molar-refractivity contribution in [1.82, 2.24) is 9.55 Å². The van der Waals surface area contributed by atoms with Crippen molar-refractivity contribution in [3.63, 3.8) is 0 Å². The van der Waals surface area contributed by atoms with Crippen molar-refractivity contribution < 1.29 is 9.59 Å². The quantitative estimate of drug-likeness (QED) is 0.578. The van der Waals surface area contributed by atoms with E-state index in [2.05, 4.69) is 10.3 Å². The van der Waals surface area contributed by atoms with Crippen molar-refractivity contribution >= 4 is 49.8 Å². The molecule has 24 heavy (non-hydrogen) atoms. The van der Waals surface area contributed by atoms with Gasteiger partial charge in [0.25, 0.3) is 0 Å². The Morgan fingerprint density at radius 1 is 1.17 bits per heavy atom. The average Bonchev–Trinajstić information content (AvgIpc) is 3.15. The van der Waals surface area contributed by atoms with Gasteiger partial charge >= 0.3 is 0 Å². The van der Waals surface area contributed by atoms with E-state index in [1.165, 1.54) is 11.3 Å². The molecule has 2 aromatic heterocycles. The molecule has 5 nitrogen and oxygen atoms in total. The van der Waals surface area contributed by atoms with E-state index in [0.29, 0.717) is 10.7 Å². The number of fused-ring (bicyclic) bond motifs is 2. The monoisotopic (exact) mass is 335 g/mol. The Bertz CT molecular complexity index is 1030. The van der Waals surface area contributed by atoms with Crippen molar-refractivity contribution in [3.8, 4) is 0 Å². The highest BCUT2D eigenvalue weighted by Crippen LogP contribution is 2.25. The SMILES string of the molecule is O=Cc1cn(CC(=O)Nc2nc3ccccc3s2)c2ccccc12. The lowest BCUT2D eigenvalue weighted by atomic mass is 10.2. The summed E-state index contributed by atoms with van der Waals surface area (Å²) >= 11 is 1.44. The first kappa shape index (κ1) is 14.6. The molecule has 0 bridgehead atoms. The number of benzene rings is 2. The molecule has 2 heterocycles. The number of aldehydes is 1. The molecule has 2 aromatic carbocycles. The van der Waals surface area contributed by atoms with Gasteiger partial charge < -0.3 is 9.88 Å². The summed E-state index contributed by atoms with van der Waals surface area (Å²) in [6.07, 6.45) is 2.51. The Morgan fingerprint density at radius 3 is 2.79 bits per heavy atom. The lowest BCUT2D eigenvalue weighted by molar-refractivity contribution is -0.116. The summed E-state index contributed by atoms with van der Waals surface area (Å²) in [5, 5.41) is 4.26. The number of para-hydroxylation sites is 2. The fourth-order valence-corrected chi connectivity index (χ4v) is 3.62. The highest BCUT2D eigenvalue weighted by molar-refractivity contribution is 7.22. The Balaban J connectivity index is 1.59. The van der Waals surface area contributed by atoms with Crippen LogP contribution < -0.4 is 5.32 Å². The van der Waals surface area contributed by atoms with E-state index in [-0.39, 0.29) is 12.5 Å². The number of carbonyl (C=O) groups excluding carboxylic acids is 2. The number of anilines is 1. The molecule has 0 unspecified atom stereocenters. The Hall–Kier alpha value is -2.99. The topological polar surface area (TPSA) is 64.0 Å². The van der Waals surface area contributed by atoms with Crippen molar-refractivity contribution in [2.24, 2.45) is 0 Å². The van der Waals surface area contributed by atoms with E-state index in [4.69, 9.17) is 0 Å². The number of aromatic nitrogens is 2. The highest BCUT2D eigenvalue weighted by atomic mass is 32.1. The molecule has 0 spiro atoms. The zero-order valence-corrected chi connectivity index (χ0v) is 13.4. The average molecular weight is 335 g/mol. The molecule has 0 aliphatic heterocycles. The summed E-state index contributed by atoms with van der Waals surface area (Å²) in [7, 11) is 0. The fraction of sp³-hybridized carbons (Fsp3) is 0.0556. The van der Waals surface area contributed by atoms with Crippen LogP contribution in [0.15, 0.2) is 54.7 Å². The summed E-state index contributed by atoms with van der Waals surface area (Å²) in [5.41, 5.74) is 2.31. The summed E-state index contributed by atoms with van der Waals surface area (Å²) in [5.74, 6) is -0.174. The van der Waals surface area contributed by atoms with Crippen molar-refractivity contribution in [2.45, 2.75) is 6.54 Å². The number of nitrogens with zero attached hydrogens (tertiary/aromatic N) is 2. The zero-order valence-electron chi connectivity index (χ0n) is 12.6. The molecule has 0 fully saturated rings. The van der Waals surface area contributed by atoms with Crippen LogP contribution in [-0.2, 0) is 11.3 Å². The number of amides is 1. The van der Waals surface area contributed by atoms with Crippen LogP contribution in [0.2, 0.25) is 0 Å². The molecule has 0 saturated heterocycles. The first-order valence-corrected chi connectivity index (χ1v) is 8.25. The van der Waals surface area contributed by atoms with Crippen LogP contribution in [0.3, 0.4) is 0 Å². The first-order chi connectivity index (χ1) is 11.7. The second kappa shape index (κ2) is 5.90. The number of thiazole rings is 1.